The summed E-state index contributed by atoms with van der Waals surface area (Å²) in [4.78, 5) is 32.8. The number of ether oxygens (including phenoxy) is 1. The van der Waals surface area contributed by atoms with Crippen molar-refractivity contribution in [2.45, 2.75) is 13.3 Å². The molecule has 0 aliphatic carbocycles. The Morgan fingerprint density at radius 1 is 1.27 bits per heavy atom. The molecule has 2 aromatic carbocycles. The van der Waals surface area contributed by atoms with Gasteiger partial charge in [0, 0.05) is 38.3 Å². The number of anilines is 1. The first-order valence-corrected chi connectivity index (χ1v) is 11.5. The Kier molecular flexibility index (Phi) is 8.61. The topological polar surface area (TPSA) is 88.8 Å². The molecule has 0 unspecified atom stereocenters. The summed E-state index contributed by atoms with van der Waals surface area (Å²) in [5.74, 6) is -0.392. The third-order valence-corrected chi connectivity index (χ3v) is 6.73. The van der Waals surface area contributed by atoms with Gasteiger partial charge in [-0.3, -0.25) is 24.7 Å². The van der Waals surface area contributed by atoms with E-state index in [-0.39, 0.29) is 28.7 Å². The fraction of sp³-hybridized carbons (Fsp3) is 0.364. The number of nitro benzene ring substituents is 1. The minimum absolute atomic E-state index is 0. The molecule has 3 aromatic rings. The Hall–Kier alpha value is -2.30. The molecule has 1 amide bonds. The van der Waals surface area contributed by atoms with Gasteiger partial charge in [-0.25, -0.2) is 4.98 Å². The number of morpholine rings is 1. The zero-order chi connectivity index (χ0) is 22.7. The number of thiazole rings is 1. The molecule has 1 aliphatic rings. The van der Waals surface area contributed by atoms with Gasteiger partial charge in [-0.05, 0) is 37.1 Å². The Morgan fingerprint density at radius 2 is 2.03 bits per heavy atom. The number of carbonyl (C=O) groups excluding carboxylic acids is 1. The predicted octanol–water partition coefficient (Wildman–Crippen LogP) is 4.96. The van der Waals surface area contributed by atoms with Gasteiger partial charge in [0.2, 0.25) is 0 Å². The van der Waals surface area contributed by atoms with Crippen molar-refractivity contribution in [2.24, 2.45) is 0 Å². The highest BCUT2D eigenvalue weighted by Crippen LogP contribution is 2.32. The molecule has 0 saturated carbocycles. The van der Waals surface area contributed by atoms with E-state index in [9.17, 15) is 14.9 Å². The maximum absolute atomic E-state index is 13.5. The molecule has 4 rings (SSSR count). The number of benzene rings is 2. The minimum atomic E-state index is -0.531. The largest absolute Gasteiger partial charge is 0.379 e. The van der Waals surface area contributed by atoms with Crippen LogP contribution in [0.25, 0.3) is 10.2 Å². The number of carbonyl (C=O) groups is 1. The molecule has 1 fully saturated rings. The Balaban J connectivity index is 0.00000306. The number of non-ortho nitro benzene ring substituents is 1. The second-order valence-electron chi connectivity index (χ2n) is 7.65. The standard InChI is InChI=1S/C22H23ClN4O4S.ClH/c1-15-3-6-19-20(13-15)32-22(24-19)26(8-2-7-25-9-11-31-12-10-25)21(28)17-14-16(27(29)30)4-5-18(17)23;/h3-6,13-14H,2,7-12H2,1H3;1H. The van der Waals surface area contributed by atoms with Gasteiger partial charge in [-0.15, -0.1) is 12.4 Å². The molecule has 8 nitrogen and oxygen atoms in total. The molecule has 0 atom stereocenters. The Bertz CT molecular complexity index is 1150. The highest BCUT2D eigenvalue weighted by Gasteiger charge is 2.25. The van der Waals surface area contributed by atoms with Gasteiger partial charge in [-0.1, -0.05) is 29.0 Å². The van der Waals surface area contributed by atoms with E-state index < -0.39 is 10.8 Å². The first-order valence-electron chi connectivity index (χ1n) is 10.4. The first kappa shape index (κ1) is 25.3. The van der Waals surface area contributed by atoms with E-state index in [1.807, 2.05) is 25.1 Å². The Morgan fingerprint density at radius 3 is 2.76 bits per heavy atom. The third-order valence-electron chi connectivity index (χ3n) is 5.36. The molecule has 33 heavy (non-hydrogen) atoms. The van der Waals surface area contributed by atoms with E-state index in [4.69, 9.17) is 16.3 Å². The summed E-state index contributed by atoms with van der Waals surface area (Å²) in [5, 5.41) is 12.0. The van der Waals surface area contributed by atoms with Crippen molar-refractivity contribution in [1.82, 2.24) is 9.88 Å². The van der Waals surface area contributed by atoms with Crippen LogP contribution in [0.1, 0.15) is 22.3 Å². The van der Waals surface area contributed by atoms with Gasteiger partial charge in [0.15, 0.2) is 5.13 Å². The Labute approximate surface area is 206 Å². The lowest BCUT2D eigenvalue weighted by Crippen LogP contribution is -2.39. The molecular formula is C22H24Cl2N4O4S. The van der Waals surface area contributed by atoms with Crippen molar-refractivity contribution in [3.05, 3.63) is 62.7 Å². The van der Waals surface area contributed by atoms with Crippen LogP contribution in [0.4, 0.5) is 10.8 Å². The smallest absolute Gasteiger partial charge is 0.270 e. The number of aryl methyl sites for hydroxylation is 1. The van der Waals surface area contributed by atoms with Crippen LogP contribution in [-0.4, -0.2) is 60.1 Å². The number of amides is 1. The molecule has 0 radical (unpaired) electrons. The van der Waals surface area contributed by atoms with Crippen LogP contribution in [0.2, 0.25) is 5.02 Å². The van der Waals surface area contributed by atoms with Crippen molar-refractivity contribution in [2.75, 3.05) is 44.3 Å². The molecule has 176 valence electrons. The van der Waals surface area contributed by atoms with Gasteiger partial charge in [-0.2, -0.15) is 0 Å². The van der Waals surface area contributed by atoms with Gasteiger partial charge in [0.05, 0.1) is 38.9 Å². The zero-order valence-electron chi connectivity index (χ0n) is 18.0. The molecule has 1 aromatic heterocycles. The van der Waals surface area contributed by atoms with Crippen molar-refractivity contribution in [1.29, 1.82) is 0 Å². The number of hydrogen-bond acceptors (Lipinski definition) is 7. The maximum Gasteiger partial charge on any atom is 0.270 e. The molecule has 0 bridgehead atoms. The maximum atomic E-state index is 13.5. The average molecular weight is 511 g/mol. The van der Waals surface area contributed by atoms with Crippen LogP contribution in [0.5, 0.6) is 0 Å². The van der Waals surface area contributed by atoms with Crippen LogP contribution < -0.4 is 4.90 Å². The first-order chi connectivity index (χ1) is 15.4. The number of halogens is 2. The number of fused-ring (bicyclic) bond motifs is 1. The van der Waals surface area contributed by atoms with E-state index in [1.165, 1.54) is 29.5 Å². The second kappa shape index (κ2) is 11.2. The van der Waals surface area contributed by atoms with Crippen LogP contribution in [-0.2, 0) is 4.74 Å². The number of rotatable bonds is 7. The van der Waals surface area contributed by atoms with Gasteiger partial charge in [0.25, 0.3) is 11.6 Å². The van der Waals surface area contributed by atoms with Crippen molar-refractivity contribution < 1.29 is 14.5 Å². The summed E-state index contributed by atoms with van der Waals surface area (Å²) in [6, 6.07) is 9.86. The van der Waals surface area contributed by atoms with Crippen molar-refractivity contribution >= 4 is 62.3 Å². The lowest BCUT2D eigenvalue weighted by atomic mass is 10.1. The van der Waals surface area contributed by atoms with E-state index in [2.05, 4.69) is 9.88 Å². The van der Waals surface area contributed by atoms with E-state index in [1.54, 1.807) is 4.90 Å². The number of nitrogens with zero attached hydrogens (tertiary/aromatic N) is 4. The van der Waals surface area contributed by atoms with E-state index in [0.29, 0.717) is 24.9 Å². The average Bonchev–Trinajstić information content (AvgIpc) is 3.20. The number of nitro groups is 1. The summed E-state index contributed by atoms with van der Waals surface area (Å²) in [5.41, 5.74) is 1.85. The quantitative estimate of drug-likeness (QED) is 0.329. The molecule has 2 heterocycles. The van der Waals surface area contributed by atoms with Gasteiger partial charge < -0.3 is 4.74 Å². The summed E-state index contributed by atoms with van der Waals surface area (Å²) < 4.78 is 6.38. The molecule has 1 aliphatic heterocycles. The van der Waals surface area contributed by atoms with Gasteiger partial charge >= 0.3 is 0 Å². The molecule has 1 saturated heterocycles. The monoisotopic (exact) mass is 510 g/mol. The summed E-state index contributed by atoms with van der Waals surface area (Å²) in [6.45, 7) is 6.41. The van der Waals surface area contributed by atoms with Gasteiger partial charge in [0.1, 0.15) is 0 Å². The highest BCUT2D eigenvalue weighted by molar-refractivity contribution is 7.22. The lowest BCUT2D eigenvalue weighted by Gasteiger charge is -2.27. The predicted molar refractivity (Wildman–Crippen MR) is 133 cm³/mol. The summed E-state index contributed by atoms with van der Waals surface area (Å²) >= 11 is 7.70. The highest BCUT2D eigenvalue weighted by atomic mass is 35.5. The van der Waals surface area contributed by atoms with Crippen LogP contribution in [0.15, 0.2) is 36.4 Å². The fourth-order valence-electron chi connectivity index (χ4n) is 3.63. The molecule has 0 spiro atoms. The SMILES string of the molecule is Cc1ccc2nc(N(CCCN3CCOCC3)C(=O)c3cc([N+](=O)[O-])ccc3Cl)sc2c1.Cl. The second-order valence-corrected chi connectivity index (χ2v) is 9.07. The van der Waals surface area contributed by atoms with E-state index in [0.717, 1.165) is 41.8 Å². The third kappa shape index (κ3) is 5.99. The molecule has 0 N–H and O–H groups in total. The normalized spacial score (nSPS) is 14.1. The number of aromatic nitrogens is 1. The summed E-state index contributed by atoms with van der Waals surface area (Å²) in [6.07, 6.45) is 0.729. The van der Waals surface area contributed by atoms with Crippen molar-refractivity contribution in [3.63, 3.8) is 0 Å². The van der Waals surface area contributed by atoms with Crippen molar-refractivity contribution in [3.8, 4) is 0 Å². The van der Waals surface area contributed by atoms with Crippen LogP contribution in [0.3, 0.4) is 0 Å². The molecule has 11 heteroatoms. The van der Waals surface area contributed by atoms with E-state index >= 15 is 0 Å². The lowest BCUT2D eigenvalue weighted by molar-refractivity contribution is -0.384. The molecular weight excluding hydrogens is 487 g/mol. The summed E-state index contributed by atoms with van der Waals surface area (Å²) in [7, 11) is 0. The minimum Gasteiger partial charge on any atom is -0.379 e. The number of hydrogen-bond donors (Lipinski definition) is 0. The fourth-order valence-corrected chi connectivity index (χ4v) is 4.92. The zero-order valence-corrected chi connectivity index (χ0v) is 20.4. The van der Waals surface area contributed by atoms with Crippen LogP contribution >= 0.6 is 35.3 Å². The van der Waals surface area contributed by atoms with Crippen LogP contribution in [0, 0.1) is 17.0 Å².